The summed E-state index contributed by atoms with van der Waals surface area (Å²) >= 11 is 0. The predicted molar refractivity (Wildman–Crippen MR) is 55.3 cm³/mol. The van der Waals surface area contributed by atoms with Gasteiger partial charge in [0.2, 0.25) is 0 Å². The van der Waals surface area contributed by atoms with Gasteiger partial charge in [-0.3, -0.25) is 4.90 Å². The number of nitrogens with one attached hydrogen (secondary N) is 1. The second kappa shape index (κ2) is 5.84. The molecule has 0 radical (unpaired) electrons. The maximum Gasteiger partial charge on any atom is 0.401 e. The van der Waals surface area contributed by atoms with E-state index in [2.05, 4.69) is 5.32 Å². The Hall–Kier alpha value is -0.330. The highest BCUT2D eigenvalue weighted by molar-refractivity contribution is 4.80. The topological polar surface area (TPSA) is 24.5 Å². The molecule has 0 aromatic carbocycles. The van der Waals surface area contributed by atoms with E-state index in [1.54, 1.807) is 0 Å². The van der Waals surface area contributed by atoms with Crippen LogP contribution in [0.25, 0.3) is 0 Å². The monoisotopic (exact) mass is 240 g/mol. The Morgan fingerprint density at radius 1 is 1.44 bits per heavy atom. The van der Waals surface area contributed by atoms with Crippen molar-refractivity contribution in [3.8, 4) is 0 Å². The highest BCUT2D eigenvalue weighted by atomic mass is 19.4. The van der Waals surface area contributed by atoms with Crippen LogP contribution >= 0.6 is 0 Å². The van der Waals surface area contributed by atoms with Gasteiger partial charge < -0.3 is 10.1 Å². The highest BCUT2D eigenvalue weighted by Crippen LogP contribution is 2.19. The smallest absolute Gasteiger partial charge is 0.381 e. The molecule has 2 atom stereocenters. The lowest BCUT2D eigenvalue weighted by Crippen LogP contribution is -2.47. The van der Waals surface area contributed by atoms with Gasteiger partial charge in [-0.2, -0.15) is 13.2 Å². The van der Waals surface area contributed by atoms with Crippen LogP contribution in [0.4, 0.5) is 13.2 Å². The first-order valence-corrected chi connectivity index (χ1v) is 5.42. The van der Waals surface area contributed by atoms with Crippen molar-refractivity contribution in [1.82, 2.24) is 10.2 Å². The number of rotatable bonds is 4. The molecule has 1 heterocycles. The quantitative estimate of drug-likeness (QED) is 0.796. The maximum atomic E-state index is 12.2. The molecular weight excluding hydrogens is 221 g/mol. The zero-order valence-corrected chi connectivity index (χ0v) is 9.68. The van der Waals surface area contributed by atoms with Gasteiger partial charge in [0.15, 0.2) is 0 Å². The van der Waals surface area contributed by atoms with Crippen molar-refractivity contribution in [3.05, 3.63) is 0 Å². The second-order valence-corrected chi connectivity index (χ2v) is 4.33. The first-order valence-electron chi connectivity index (χ1n) is 5.42. The molecule has 3 nitrogen and oxygen atoms in total. The van der Waals surface area contributed by atoms with Crippen molar-refractivity contribution in [2.75, 3.05) is 40.4 Å². The fraction of sp³-hybridized carbons (Fsp3) is 1.00. The Bertz CT molecular complexity index is 211. The van der Waals surface area contributed by atoms with E-state index < -0.39 is 12.7 Å². The minimum Gasteiger partial charge on any atom is -0.381 e. The minimum absolute atomic E-state index is 0.131. The first-order chi connectivity index (χ1) is 7.42. The summed E-state index contributed by atoms with van der Waals surface area (Å²) in [6.07, 6.45) is -3.26. The van der Waals surface area contributed by atoms with Crippen molar-refractivity contribution < 1.29 is 17.9 Å². The SMILES string of the molecule is CNC1CCOCC1CN(C)CC(F)(F)F. The molecule has 0 aromatic rings. The van der Waals surface area contributed by atoms with Gasteiger partial charge >= 0.3 is 6.18 Å². The molecule has 6 heteroatoms. The largest absolute Gasteiger partial charge is 0.401 e. The summed E-state index contributed by atoms with van der Waals surface area (Å²) in [5, 5.41) is 3.13. The number of nitrogens with zero attached hydrogens (tertiary/aromatic N) is 1. The summed E-state index contributed by atoms with van der Waals surface area (Å²) in [5.41, 5.74) is 0. The molecule has 96 valence electrons. The molecule has 16 heavy (non-hydrogen) atoms. The molecule has 0 spiro atoms. The molecule has 1 fully saturated rings. The van der Waals surface area contributed by atoms with Crippen LogP contribution in [-0.4, -0.2) is 57.5 Å². The van der Waals surface area contributed by atoms with E-state index in [0.717, 1.165) is 6.42 Å². The van der Waals surface area contributed by atoms with E-state index in [9.17, 15) is 13.2 Å². The Morgan fingerprint density at radius 3 is 2.69 bits per heavy atom. The summed E-state index contributed by atoms with van der Waals surface area (Å²) in [4.78, 5) is 1.31. The fourth-order valence-electron chi connectivity index (χ4n) is 2.13. The Balaban J connectivity index is 2.39. The normalized spacial score (nSPS) is 27.4. The number of hydrogen-bond donors (Lipinski definition) is 1. The number of ether oxygens (including phenoxy) is 1. The zero-order valence-electron chi connectivity index (χ0n) is 9.68. The zero-order chi connectivity index (χ0) is 12.2. The lowest BCUT2D eigenvalue weighted by molar-refractivity contribution is -0.145. The lowest BCUT2D eigenvalue weighted by Gasteiger charge is -2.34. The van der Waals surface area contributed by atoms with Crippen LogP contribution in [0.3, 0.4) is 0 Å². The van der Waals surface area contributed by atoms with Crippen molar-refractivity contribution in [2.24, 2.45) is 5.92 Å². The van der Waals surface area contributed by atoms with Crippen molar-refractivity contribution in [2.45, 2.75) is 18.6 Å². The standard InChI is InChI=1S/C10H19F3N2O/c1-14-9-3-4-16-6-8(9)5-15(2)7-10(11,12)13/h8-9,14H,3-7H2,1-2H3. The fourth-order valence-corrected chi connectivity index (χ4v) is 2.13. The average molecular weight is 240 g/mol. The molecule has 0 saturated carbocycles. The second-order valence-electron chi connectivity index (χ2n) is 4.33. The maximum absolute atomic E-state index is 12.2. The first kappa shape index (κ1) is 13.7. The van der Waals surface area contributed by atoms with Gasteiger partial charge in [0.25, 0.3) is 0 Å². The number of alkyl halides is 3. The molecule has 1 aliphatic heterocycles. The molecule has 1 N–H and O–H groups in total. The van der Waals surface area contributed by atoms with Crippen LogP contribution < -0.4 is 5.32 Å². The molecular formula is C10H19F3N2O. The molecule has 0 bridgehead atoms. The van der Waals surface area contributed by atoms with Crippen LogP contribution in [0.2, 0.25) is 0 Å². The van der Waals surface area contributed by atoms with Gasteiger partial charge in [-0.05, 0) is 20.5 Å². The average Bonchev–Trinajstić information content (AvgIpc) is 2.15. The van der Waals surface area contributed by atoms with Gasteiger partial charge in [-0.15, -0.1) is 0 Å². The molecule has 1 aliphatic rings. The van der Waals surface area contributed by atoms with Crippen LogP contribution in [0.1, 0.15) is 6.42 Å². The predicted octanol–water partition coefficient (Wildman–Crippen LogP) is 1.10. The third-order valence-electron chi connectivity index (χ3n) is 2.84. The van der Waals surface area contributed by atoms with Gasteiger partial charge in [0, 0.05) is 25.1 Å². The van der Waals surface area contributed by atoms with E-state index in [4.69, 9.17) is 4.74 Å². The summed E-state index contributed by atoms with van der Waals surface area (Å²) in [6, 6.07) is 0.254. The molecule has 0 amide bonds. The van der Waals surface area contributed by atoms with Crippen LogP contribution in [0.5, 0.6) is 0 Å². The third-order valence-corrected chi connectivity index (χ3v) is 2.84. The van der Waals surface area contributed by atoms with Crippen LogP contribution in [-0.2, 0) is 4.74 Å². The van der Waals surface area contributed by atoms with Crippen molar-refractivity contribution in [1.29, 1.82) is 0 Å². The third kappa shape index (κ3) is 4.67. The van der Waals surface area contributed by atoms with Crippen LogP contribution in [0, 0.1) is 5.92 Å². The van der Waals surface area contributed by atoms with Gasteiger partial charge in [0.05, 0.1) is 13.2 Å². The summed E-state index contributed by atoms with van der Waals surface area (Å²) < 4.78 is 41.7. The molecule has 1 saturated heterocycles. The molecule has 0 aliphatic carbocycles. The number of halogens is 3. The summed E-state index contributed by atoms with van der Waals surface area (Å²) in [6.45, 7) is 0.768. The van der Waals surface area contributed by atoms with Gasteiger partial charge in [0.1, 0.15) is 0 Å². The van der Waals surface area contributed by atoms with E-state index >= 15 is 0 Å². The number of hydrogen-bond acceptors (Lipinski definition) is 3. The lowest BCUT2D eigenvalue weighted by atomic mass is 9.95. The van der Waals surface area contributed by atoms with E-state index in [0.29, 0.717) is 19.8 Å². The summed E-state index contributed by atoms with van der Waals surface area (Å²) in [7, 11) is 3.33. The summed E-state index contributed by atoms with van der Waals surface area (Å²) in [5.74, 6) is 0.131. The molecule has 2 unspecified atom stereocenters. The molecule has 0 aromatic heterocycles. The molecule has 1 rings (SSSR count). The van der Waals surface area contributed by atoms with Crippen molar-refractivity contribution in [3.63, 3.8) is 0 Å². The van der Waals surface area contributed by atoms with E-state index in [1.165, 1.54) is 11.9 Å². The Morgan fingerprint density at radius 2 is 2.12 bits per heavy atom. The van der Waals surface area contributed by atoms with Crippen LogP contribution in [0.15, 0.2) is 0 Å². The van der Waals surface area contributed by atoms with Gasteiger partial charge in [-0.1, -0.05) is 0 Å². The van der Waals surface area contributed by atoms with E-state index in [1.807, 2.05) is 7.05 Å². The van der Waals surface area contributed by atoms with Gasteiger partial charge in [-0.25, -0.2) is 0 Å². The van der Waals surface area contributed by atoms with E-state index in [-0.39, 0.29) is 12.0 Å². The highest BCUT2D eigenvalue weighted by Gasteiger charge is 2.32. The Labute approximate surface area is 93.9 Å². The Kier molecular flexibility index (Phi) is 5.01. The minimum atomic E-state index is -4.13. The van der Waals surface area contributed by atoms with Crippen molar-refractivity contribution >= 4 is 0 Å².